The number of quaternary nitrogens is 1. The van der Waals surface area contributed by atoms with Gasteiger partial charge in [0.05, 0.1) is 39.5 Å². The number of aliphatic hydroxyl groups is 1. The Bertz CT molecular complexity index is 344. The molecule has 0 aromatic carbocycles. The highest BCUT2D eigenvalue weighted by Gasteiger charge is 2.29. The topological polar surface area (TPSA) is 69.6 Å². The van der Waals surface area contributed by atoms with Crippen LogP contribution in [0.2, 0.25) is 0 Å². The minimum Gasteiger partial charge on any atom is -0.542 e. The van der Waals surface area contributed by atoms with Gasteiger partial charge in [-0.25, -0.2) is 0 Å². The highest BCUT2D eigenvalue weighted by Crippen LogP contribution is 2.16. The van der Waals surface area contributed by atoms with Gasteiger partial charge in [-0.2, -0.15) is 13.2 Å². The average molecular weight is 416 g/mol. The first-order chi connectivity index (χ1) is 13.2. The second-order valence-corrected chi connectivity index (χ2v) is 7.13. The molecule has 0 aliphatic heterocycles. The Morgan fingerprint density at radius 2 is 1.32 bits per heavy atom. The van der Waals surface area contributed by atoms with Crippen molar-refractivity contribution in [2.24, 2.45) is 0 Å². The number of carbonyl (C=O) groups excluding carboxylic acids is 1. The van der Waals surface area contributed by atoms with Crippen LogP contribution in [0.25, 0.3) is 0 Å². The number of unbranched alkanes of at least 4 members (excludes halogenated alkanes) is 5. The minimum atomic E-state index is -5.19. The van der Waals surface area contributed by atoms with Crippen molar-refractivity contribution in [1.29, 1.82) is 0 Å². The molecule has 0 unspecified atom stereocenters. The second kappa shape index (κ2) is 18.2. The molecule has 1 N–H and O–H groups in total. The smallest absolute Gasteiger partial charge is 0.430 e. The number of nitrogens with zero attached hydrogens (tertiary/aromatic N) is 1. The van der Waals surface area contributed by atoms with Gasteiger partial charge >= 0.3 is 6.18 Å². The van der Waals surface area contributed by atoms with Crippen LogP contribution < -0.4 is 5.11 Å². The lowest BCUT2D eigenvalue weighted by atomic mass is 10.1. The van der Waals surface area contributed by atoms with E-state index in [0.29, 0.717) is 6.61 Å². The molecule has 0 radical (unpaired) electrons. The summed E-state index contributed by atoms with van der Waals surface area (Å²) in [5.41, 5.74) is 0. The van der Waals surface area contributed by atoms with Gasteiger partial charge in [0, 0.05) is 0 Å². The minimum absolute atomic E-state index is 0.139. The van der Waals surface area contributed by atoms with Crippen molar-refractivity contribution >= 4 is 5.97 Å². The molecule has 0 atom stereocenters. The third-order valence-electron chi connectivity index (χ3n) is 4.64. The number of ether oxygens (including phenoxy) is 1. The fraction of sp³-hybridized carbons (Fsp3) is 0.950. The first-order valence-corrected chi connectivity index (χ1v) is 10.5. The SMILES string of the molecule is CCCCCC[N+](CCCC)(CCCC)CCOCCO.O=C([O-])C(F)(F)F. The van der Waals surface area contributed by atoms with Crippen LogP contribution in [0, 0.1) is 0 Å². The Morgan fingerprint density at radius 1 is 0.857 bits per heavy atom. The highest BCUT2D eigenvalue weighted by atomic mass is 19.4. The number of carboxylic acid groups (broad SMARTS) is 1. The second-order valence-electron chi connectivity index (χ2n) is 7.13. The van der Waals surface area contributed by atoms with Gasteiger partial charge in [0.15, 0.2) is 0 Å². The van der Waals surface area contributed by atoms with Crippen LogP contribution in [-0.2, 0) is 9.53 Å². The van der Waals surface area contributed by atoms with Crippen molar-refractivity contribution in [3.63, 3.8) is 0 Å². The summed E-state index contributed by atoms with van der Waals surface area (Å²) in [5, 5.41) is 17.6. The molecule has 0 aromatic heterocycles. The number of aliphatic hydroxyl groups excluding tert-OH is 1. The lowest BCUT2D eigenvalue weighted by Gasteiger charge is -2.39. The molecule has 0 heterocycles. The van der Waals surface area contributed by atoms with Gasteiger partial charge in [-0.15, -0.1) is 0 Å². The molecule has 28 heavy (non-hydrogen) atoms. The fourth-order valence-electron chi connectivity index (χ4n) is 2.96. The van der Waals surface area contributed by atoms with Gasteiger partial charge in [-0.3, -0.25) is 0 Å². The first-order valence-electron chi connectivity index (χ1n) is 10.5. The maximum Gasteiger partial charge on any atom is 0.430 e. The van der Waals surface area contributed by atoms with E-state index >= 15 is 0 Å². The summed E-state index contributed by atoms with van der Waals surface area (Å²) in [6.07, 6.45) is 5.38. The summed E-state index contributed by atoms with van der Waals surface area (Å²) in [5.74, 6) is -3.01. The molecule has 0 amide bonds. The number of halogens is 3. The summed E-state index contributed by atoms with van der Waals surface area (Å²) >= 11 is 0. The zero-order chi connectivity index (χ0) is 21.9. The Labute approximate surface area is 168 Å². The third-order valence-corrected chi connectivity index (χ3v) is 4.64. The number of rotatable bonds is 16. The summed E-state index contributed by atoms with van der Waals surface area (Å²) in [4.78, 5) is 8.78. The predicted molar refractivity (Wildman–Crippen MR) is 103 cm³/mol. The Kier molecular flexibility index (Phi) is 19.1. The normalized spacial score (nSPS) is 11.8. The fourth-order valence-corrected chi connectivity index (χ4v) is 2.96. The number of alkyl halides is 3. The molecule has 8 heteroatoms. The van der Waals surface area contributed by atoms with E-state index in [1.165, 1.54) is 75.5 Å². The quantitative estimate of drug-likeness (QED) is 0.310. The molecule has 0 aliphatic carbocycles. The van der Waals surface area contributed by atoms with Gasteiger partial charge in [0.1, 0.15) is 12.5 Å². The molecular formula is C20H40F3NO4. The van der Waals surface area contributed by atoms with Gasteiger partial charge in [0.2, 0.25) is 0 Å². The third kappa shape index (κ3) is 17.3. The summed E-state index contributed by atoms with van der Waals surface area (Å²) in [6.45, 7) is 13.3. The van der Waals surface area contributed by atoms with Crippen molar-refractivity contribution < 1.29 is 37.4 Å². The molecule has 0 saturated carbocycles. The van der Waals surface area contributed by atoms with Crippen LogP contribution in [0.1, 0.15) is 72.1 Å². The molecule has 0 bridgehead atoms. The molecule has 0 rings (SSSR count). The summed E-state index contributed by atoms with van der Waals surface area (Å²) < 4.78 is 38.3. The number of carbonyl (C=O) groups is 1. The Hall–Kier alpha value is -0.860. The molecule has 0 aromatic rings. The highest BCUT2D eigenvalue weighted by molar-refractivity contribution is 5.70. The van der Waals surface area contributed by atoms with E-state index in [0.717, 1.165) is 13.2 Å². The van der Waals surface area contributed by atoms with Gasteiger partial charge in [-0.05, 0) is 25.7 Å². The van der Waals surface area contributed by atoms with Crippen LogP contribution in [0.5, 0.6) is 0 Å². The number of aliphatic carboxylic acids is 1. The Balaban J connectivity index is 0. The number of hydrogen-bond acceptors (Lipinski definition) is 4. The molecule has 0 spiro atoms. The van der Waals surface area contributed by atoms with E-state index in [2.05, 4.69) is 20.8 Å². The predicted octanol–water partition coefficient (Wildman–Crippen LogP) is 3.29. The van der Waals surface area contributed by atoms with Crippen molar-refractivity contribution in [3.05, 3.63) is 0 Å². The molecular weight excluding hydrogens is 375 g/mol. The van der Waals surface area contributed by atoms with Crippen LogP contribution in [0.15, 0.2) is 0 Å². The van der Waals surface area contributed by atoms with E-state index in [4.69, 9.17) is 19.7 Å². The summed E-state index contributed by atoms with van der Waals surface area (Å²) in [7, 11) is 0. The monoisotopic (exact) mass is 415 g/mol. The van der Waals surface area contributed by atoms with Gasteiger partial charge < -0.3 is 24.2 Å². The van der Waals surface area contributed by atoms with E-state index in [1.54, 1.807) is 0 Å². The van der Waals surface area contributed by atoms with E-state index in [-0.39, 0.29) is 6.61 Å². The number of carboxylic acids is 1. The van der Waals surface area contributed by atoms with Crippen LogP contribution in [0.4, 0.5) is 13.2 Å². The Morgan fingerprint density at radius 3 is 1.71 bits per heavy atom. The van der Waals surface area contributed by atoms with Crippen molar-refractivity contribution in [1.82, 2.24) is 0 Å². The lowest BCUT2D eigenvalue weighted by Crippen LogP contribution is -2.52. The zero-order valence-corrected chi connectivity index (χ0v) is 17.9. The molecule has 0 saturated heterocycles. The molecule has 0 aliphatic rings. The van der Waals surface area contributed by atoms with E-state index in [9.17, 15) is 13.2 Å². The largest absolute Gasteiger partial charge is 0.542 e. The maximum absolute atomic E-state index is 10.5. The van der Waals surface area contributed by atoms with Gasteiger partial charge in [0.25, 0.3) is 0 Å². The molecule has 0 fully saturated rings. The average Bonchev–Trinajstić information content (AvgIpc) is 2.65. The summed E-state index contributed by atoms with van der Waals surface area (Å²) in [6, 6.07) is 0. The van der Waals surface area contributed by atoms with E-state index < -0.39 is 12.1 Å². The van der Waals surface area contributed by atoms with Gasteiger partial charge in [-0.1, -0.05) is 46.5 Å². The molecule has 5 nitrogen and oxygen atoms in total. The zero-order valence-electron chi connectivity index (χ0n) is 17.9. The van der Waals surface area contributed by atoms with Crippen LogP contribution in [0.3, 0.4) is 0 Å². The maximum atomic E-state index is 10.5. The number of hydrogen-bond donors (Lipinski definition) is 1. The van der Waals surface area contributed by atoms with Crippen molar-refractivity contribution in [2.45, 2.75) is 78.3 Å². The van der Waals surface area contributed by atoms with E-state index in [1.807, 2.05) is 0 Å². The standard InChI is InChI=1S/C18H40NO2.C2HF3O2/c1-4-7-10-11-14-19(12-8-5-2,13-9-6-3)15-17-21-18-16-20;3-2(4,5)1(6)7/h20H,4-18H2,1-3H3;(H,6,7)/q+1;/p-1. The van der Waals surface area contributed by atoms with Crippen LogP contribution >= 0.6 is 0 Å². The van der Waals surface area contributed by atoms with Crippen LogP contribution in [-0.4, -0.2) is 67.7 Å². The lowest BCUT2D eigenvalue weighted by molar-refractivity contribution is -0.929. The van der Waals surface area contributed by atoms with Crippen molar-refractivity contribution in [3.8, 4) is 0 Å². The van der Waals surface area contributed by atoms with Crippen molar-refractivity contribution in [2.75, 3.05) is 46.0 Å². The molecule has 170 valence electrons. The first kappa shape index (κ1) is 29.3.